The van der Waals surface area contributed by atoms with Gasteiger partial charge in [-0.05, 0) is 31.5 Å². The van der Waals surface area contributed by atoms with E-state index < -0.39 is 5.92 Å². The van der Waals surface area contributed by atoms with Crippen molar-refractivity contribution in [2.24, 2.45) is 11.7 Å². The minimum atomic E-state index is -0.464. The number of carbonyl (C=O) groups excluding carboxylic acids is 1. The smallest absolute Gasteiger partial charge is 0.234 e. The number of halogens is 1. The predicted molar refractivity (Wildman–Crippen MR) is 73.5 cm³/mol. The molecule has 1 aromatic rings. The fourth-order valence-electron chi connectivity index (χ4n) is 1.10. The fraction of sp³-hybridized carbons (Fsp3) is 0.273. The molecule has 0 heterocycles. The molecule has 0 saturated carbocycles. The number of rotatable bonds is 3. The SMILES string of the molecule is Cc1ccc(Br)cc1NC(=O)C(C)C(N)=S. The normalized spacial score (nSPS) is 11.9. The largest absolute Gasteiger partial charge is 0.393 e. The van der Waals surface area contributed by atoms with Gasteiger partial charge in [-0.1, -0.05) is 34.2 Å². The monoisotopic (exact) mass is 300 g/mol. The first-order chi connectivity index (χ1) is 7.41. The Bertz CT molecular complexity index is 434. The van der Waals surface area contributed by atoms with Gasteiger partial charge in [0.1, 0.15) is 0 Å². The molecule has 0 aliphatic carbocycles. The van der Waals surface area contributed by atoms with Crippen LogP contribution < -0.4 is 11.1 Å². The van der Waals surface area contributed by atoms with Crippen LogP contribution in [0.1, 0.15) is 12.5 Å². The summed E-state index contributed by atoms with van der Waals surface area (Å²) in [5.74, 6) is -0.651. The van der Waals surface area contributed by atoms with Crippen molar-refractivity contribution < 1.29 is 4.79 Å². The minimum Gasteiger partial charge on any atom is -0.393 e. The Morgan fingerprint density at radius 2 is 2.19 bits per heavy atom. The lowest BCUT2D eigenvalue weighted by Gasteiger charge is -2.12. The van der Waals surface area contributed by atoms with E-state index in [2.05, 4.69) is 21.2 Å². The molecule has 1 atom stereocenters. The molecule has 0 aliphatic heterocycles. The van der Waals surface area contributed by atoms with Crippen molar-refractivity contribution in [2.45, 2.75) is 13.8 Å². The van der Waals surface area contributed by atoms with Crippen LogP contribution in [0.3, 0.4) is 0 Å². The van der Waals surface area contributed by atoms with E-state index in [4.69, 9.17) is 18.0 Å². The second-order valence-electron chi connectivity index (χ2n) is 3.57. The maximum Gasteiger partial charge on any atom is 0.234 e. The van der Waals surface area contributed by atoms with Gasteiger partial charge in [-0.25, -0.2) is 0 Å². The Labute approximate surface area is 109 Å². The van der Waals surface area contributed by atoms with Gasteiger partial charge in [-0.2, -0.15) is 0 Å². The summed E-state index contributed by atoms with van der Waals surface area (Å²) >= 11 is 8.13. The average Bonchev–Trinajstić information content (AvgIpc) is 2.22. The molecule has 0 aromatic heterocycles. The van der Waals surface area contributed by atoms with Crippen LogP contribution in [-0.2, 0) is 4.79 Å². The van der Waals surface area contributed by atoms with Crippen LogP contribution in [-0.4, -0.2) is 10.9 Å². The highest BCUT2D eigenvalue weighted by Gasteiger charge is 2.16. The number of carbonyl (C=O) groups is 1. The number of nitrogens with two attached hydrogens (primary N) is 1. The molecule has 1 aromatic carbocycles. The molecule has 0 aliphatic rings. The summed E-state index contributed by atoms with van der Waals surface area (Å²) in [5, 5.41) is 2.80. The maximum absolute atomic E-state index is 11.7. The third kappa shape index (κ3) is 3.28. The highest BCUT2D eigenvalue weighted by Crippen LogP contribution is 2.21. The second-order valence-corrected chi connectivity index (χ2v) is 4.96. The fourth-order valence-corrected chi connectivity index (χ4v) is 1.57. The van der Waals surface area contributed by atoms with E-state index >= 15 is 0 Å². The summed E-state index contributed by atoms with van der Waals surface area (Å²) in [5.41, 5.74) is 7.18. The van der Waals surface area contributed by atoms with Gasteiger partial charge in [0.2, 0.25) is 5.91 Å². The molecule has 1 amide bonds. The molecular formula is C11H13BrN2OS. The van der Waals surface area contributed by atoms with Crippen LogP contribution in [0.2, 0.25) is 0 Å². The van der Waals surface area contributed by atoms with Gasteiger partial charge >= 0.3 is 0 Å². The lowest BCUT2D eigenvalue weighted by atomic mass is 10.1. The zero-order chi connectivity index (χ0) is 12.3. The third-order valence-electron chi connectivity index (χ3n) is 2.28. The Morgan fingerprint density at radius 3 is 2.75 bits per heavy atom. The molecule has 3 nitrogen and oxygen atoms in total. The number of thiocarbonyl (C=S) groups is 1. The second kappa shape index (κ2) is 5.41. The standard InChI is InChI=1S/C11H13BrN2OS/c1-6-3-4-8(12)5-9(6)14-11(15)7(2)10(13)16/h3-5,7H,1-2H3,(H2,13,16)(H,14,15). The van der Waals surface area contributed by atoms with Gasteiger partial charge in [0.15, 0.2) is 0 Å². The van der Waals surface area contributed by atoms with E-state index in [9.17, 15) is 4.79 Å². The first-order valence-corrected chi connectivity index (χ1v) is 5.98. The van der Waals surface area contributed by atoms with Gasteiger partial charge < -0.3 is 11.1 Å². The molecule has 16 heavy (non-hydrogen) atoms. The predicted octanol–water partition coefficient (Wildman–Crippen LogP) is 2.62. The van der Waals surface area contributed by atoms with Crippen LogP contribution in [0.5, 0.6) is 0 Å². The number of amides is 1. The molecule has 1 rings (SSSR count). The Kier molecular flexibility index (Phi) is 4.44. The first-order valence-electron chi connectivity index (χ1n) is 4.78. The molecule has 1 unspecified atom stereocenters. The lowest BCUT2D eigenvalue weighted by molar-refractivity contribution is -0.117. The highest BCUT2D eigenvalue weighted by atomic mass is 79.9. The Morgan fingerprint density at radius 1 is 1.56 bits per heavy atom. The quantitative estimate of drug-likeness (QED) is 0.844. The van der Waals surface area contributed by atoms with E-state index in [1.54, 1.807) is 6.92 Å². The zero-order valence-corrected chi connectivity index (χ0v) is 11.5. The Balaban J connectivity index is 2.84. The maximum atomic E-state index is 11.7. The van der Waals surface area contributed by atoms with Crippen molar-refractivity contribution in [1.29, 1.82) is 0 Å². The van der Waals surface area contributed by atoms with Crippen LogP contribution in [0, 0.1) is 12.8 Å². The molecule has 0 fully saturated rings. The molecule has 0 radical (unpaired) electrons. The molecule has 0 spiro atoms. The van der Waals surface area contributed by atoms with Gasteiger partial charge in [-0.3, -0.25) is 4.79 Å². The van der Waals surface area contributed by atoms with Gasteiger partial charge in [0.25, 0.3) is 0 Å². The van der Waals surface area contributed by atoms with Crippen LogP contribution in [0.25, 0.3) is 0 Å². The van der Waals surface area contributed by atoms with E-state index in [1.807, 2.05) is 25.1 Å². The summed E-state index contributed by atoms with van der Waals surface area (Å²) in [6, 6.07) is 5.69. The number of aryl methyl sites for hydroxylation is 1. The van der Waals surface area contributed by atoms with Crippen molar-refractivity contribution in [2.75, 3.05) is 5.32 Å². The molecule has 0 bridgehead atoms. The average molecular weight is 301 g/mol. The van der Waals surface area contributed by atoms with E-state index in [1.165, 1.54) is 0 Å². The first kappa shape index (κ1) is 13.1. The highest BCUT2D eigenvalue weighted by molar-refractivity contribution is 9.10. The van der Waals surface area contributed by atoms with Crippen molar-refractivity contribution in [3.05, 3.63) is 28.2 Å². The number of nitrogens with one attached hydrogen (secondary N) is 1. The number of hydrogen-bond donors (Lipinski definition) is 2. The molecule has 0 saturated heterocycles. The van der Waals surface area contributed by atoms with E-state index in [0.717, 1.165) is 15.7 Å². The van der Waals surface area contributed by atoms with Crippen molar-refractivity contribution >= 4 is 44.7 Å². The topological polar surface area (TPSA) is 55.1 Å². The lowest BCUT2D eigenvalue weighted by Crippen LogP contribution is -2.31. The van der Waals surface area contributed by atoms with Gasteiger partial charge in [0, 0.05) is 10.2 Å². The Hall–Kier alpha value is -0.940. The zero-order valence-electron chi connectivity index (χ0n) is 9.08. The molecule has 86 valence electrons. The van der Waals surface area contributed by atoms with Crippen LogP contribution in [0.4, 0.5) is 5.69 Å². The summed E-state index contributed by atoms with van der Waals surface area (Å²) in [7, 11) is 0. The molecular weight excluding hydrogens is 288 g/mol. The number of anilines is 1. The van der Waals surface area contributed by atoms with Crippen LogP contribution in [0.15, 0.2) is 22.7 Å². The summed E-state index contributed by atoms with van der Waals surface area (Å²) < 4.78 is 0.913. The van der Waals surface area contributed by atoms with Gasteiger partial charge in [0.05, 0.1) is 10.9 Å². The van der Waals surface area contributed by atoms with Crippen LogP contribution >= 0.6 is 28.1 Å². The molecule has 5 heteroatoms. The van der Waals surface area contributed by atoms with E-state index in [0.29, 0.717) is 0 Å². The van der Waals surface area contributed by atoms with E-state index in [-0.39, 0.29) is 10.9 Å². The number of benzene rings is 1. The molecule has 3 N–H and O–H groups in total. The van der Waals surface area contributed by atoms with Gasteiger partial charge in [-0.15, -0.1) is 0 Å². The number of hydrogen-bond acceptors (Lipinski definition) is 2. The van der Waals surface area contributed by atoms with Crippen molar-refractivity contribution in [1.82, 2.24) is 0 Å². The minimum absolute atomic E-state index is 0.186. The van der Waals surface area contributed by atoms with Crippen molar-refractivity contribution in [3.8, 4) is 0 Å². The summed E-state index contributed by atoms with van der Waals surface area (Å²) in [6.45, 7) is 3.61. The van der Waals surface area contributed by atoms with Crippen molar-refractivity contribution in [3.63, 3.8) is 0 Å². The third-order valence-corrected chi connectivity index (χ3v) is 3.12. The summed E-state index contributed by atoms with van der Waals surface area (Å²) in [4.78, 5) is 11.9. The summed E-state index contributed by atoms with van der Waals surface area (Å²) in [6.07, 6.45) is 0.